The van der Waals surface area contributed by atoms with Gasteiger partial charge in [-0.05, 0) is 41.8 Å². The Bertz CT molecular complexity index is 1100. The van der Waals surface area contributed by atoms with Gasteiger partial charge in [-0.3, -0.25) is 4.90 Å². The molecule has 152 valence electrons. The van der Waals surface area contributed by atoms with Gasteiger partial charge in [0, 0.05) is 48.4 Å². The minimum Gasteiger partial charge on any atom is -0.375 e. The van der Waals surface area contributed by atoms with Gasteiger partial charge in [-0.25, -0.2) is 9.37 Å². The van der Waals surface area contributed by atoms with Crippen molar-refractivity contribution in [2.45, 2.75) is 26.1 Å². The Morgan fingerprint density at radius 1 is 1.41 bits per heavy atom. The van der Waals surface area contributed by atoms with E-state index in [-0.39, 0.29) is 5.82 Å². The first-order valence-electron chi connectivity index (χ1n) is 9.71. The van der Waals surface area contributed by atoms with Crippen LogP contribution in [0.3, 0.4) is 0 Å². The Kier molecular flexibility index (Phi) is 4.96. The lowest BCUT2D eigenvalue weighted by atomic mass is 9.91. The summed E-state index contributed by atoms with van der Waals surface area (Å²) >= 11 is 7.95. The minimum atomic E-state index is -0.314. The topological polar surface area (TPSA) is 63.4 Å². The highest BCUT2D eigenvalue weighted by atomic mass is 35.5. The quantitative estimate of drug-likeness (QED) is 0.609. The molecule has 0 unspecified atom stereocenters. The number of nitrogens with zero attached hydrogens (tertiary/aromatic N) is 2. The van der Waals surface area contributed by atoms with Crippen molar-refractivity contribution in [3.8, 4) is 11.1 Å². The fraction of sp³-hybridized carbons (Fsp3) is 0.381. The predicted molar refractivity (Wildman–Crippen MR) is 116 cm³/mol. The molecule has 1 atom stereocenters. The van der Waals surface area contributed by atoms with Crippen LogP contribution in [0.4, 0.5) is 9.52 Å². The van der Waals surface area contributed by atoms with Crippen LogP contribution < -0.4 is 11.1 Å². The molecule has 1 aromatic heterocycles. The van der Waals surface area contributed by atoms with Crippen LogP contribution in [0, 0.1) is 12.7 Å². The fourth-order valence-corrected chi connectivity index (χ4v) is 5.58. The second-order valence-electron chi connectivity index (χ2n) is 7.66. The molecule has 3 N–H and O–H groups in total. The molecule has 0 radical (unpaired) electrons. The van der Waals surface area contributed by atoms with E-state index in [9.17, 15) is 4.39 Å². The molecule has 2 aliphatic rings. The number of rotatable bonds is 1. The average Bonchev–Trinajstić information content (AvgIpc) is 3.07. The number of thiazole rings is 1. The largest absolute Gasteiger partial charge is 0.375 e. The molecule has 0 bridgehead atoms. The van der Waals surface area contributed by atoms with Crippen molar-refractivity contribution < 1.29 is 9.13 Å². The standard InChI is InChI=1S/C21H22ClFN4OS/c1-11-15-10-28-9-13-7-25-4-5-27(13)8-12(15)6-16(22)18(11)14-2-3-17(23)20-19(14)26-21(24)29-20/h2-3,6,13,25H,4-5,7-10H2,1H3,(H2,24,26)/t13-/m1/s1. The first-order valence-corrected chi connectivity index (χ1v) is 10.9. The van der Waals surface area contributed by atoms with Crippen LogP contribution in [0.25, 0.3) is 21.3 Å². The van der Waals surface area contributed by atoms with E-state index in [1.54, 1.807) is 6.07 Å². The van der Waals surface area contributed by atoms with Crippen molar-refractivity contribution in [3.63, 3.8) is 0 Å². The van der Waals surface area contributed by atoms with E-state index in [4.69, 9.17) is 22.1 Å². The second kappa shape index (κ2) is 7.49. The van der Waals surface area contributed by atoms with Gasteiger partial charge >= 0.3 is 0 Å². The number of benzene rings is 2. The lowest BCUT2D eigenvalue weighted by Gasteiger charge is -2.38. The monoisotopic (exact) mass is 432 g/mol. The number of aromatic nitrogens is 1. The van der Waals surface area contributed by atoms with E-state index >= 15 is 0 Å². The minimum absolute atomic E-state index is 0.314. The van der Waals surface area contributed by atoms with Crippen molar-refractivity contribution in [1.29, 1.82) is 0 Å². The molecule has 1 fully saturated rings. The summed E-state index contributed by atoms with van der Waals surface area (Å²) < 4.78 is 20.8. The molecule has 5 rings (SSSR count). The molecule has 3 heterocycles. The zero-order valence-electron chi connectivity index (χ0n) is 16.1. The summed E-state index contributed by atoms with van der Waals surface area (Å²) in [4.78, 5) is 6.84. The third-order valence-electron chi connectivity index (χ3n) is 5.94. The van der Waals surface area contributed by atoms with E-state index in [2.05, 4.69) is 22.1 Å². The van der Waals surface area contributed by atoms with Crippen molar-refractivity contribution in [1.82, 2.24) is 15.2 Å². The van der Waals surface area contributed by atoms with Crippen LogP contribution in [-0.2, 0) is 17.9 Å². The van der Waals surface area contributed by atoms with Crippen molar-refractivity contribution in [2.24, 2.45) is 0 Å². The van der Waals surface area contributed by atoms with Gasteiger partial charge in [0.15, 0.2) is 5.13 Å². The third kappa shape index (κ3) is 3.31. The zero-order valence-corrected chi connectivity index (χ0v) is 17.7. The van der Waals surface area contributed by atoms with Gasteiger partial charge in [0.1, 0.15) is 5.82 Å². The Hall–Kier alpha value is -1.77. The van der Waals surface area contributed by atoms with Crippen LogP contribution in [0.2, 0.25) is 5.02 Å². The molecule has 3 aromatic rings. The first kappa shape index (κ1) is 19.2. The summed E-state index contributed by atoms with van der Waals surface area (Å²) in [6, 6.07) is 5.63. The van der Waals surface area contributed by atoms with E-state index in [0.717, 1.165) is 59.8 Å². The van der Waals surface area contributed by atoms with Gasteiger partial charge in [0.25, 0.3) is 0 Å². The van der Waals surface area contributed by atoms with Gasteiger partial charge in [0.05, 0.1) is 23.4 Å². The Morgan fingerprint density at radius 2 is 2.28 bits per heavy atom. The summed E-state index contributed by atoms with van der Waals surface area (Å²) in [5, 5.41) is 4.43. The van der Waals surface area contributed by atoms with Gasteiger partial charge in [-0.1, -0.05) is 22.9 Å². The summed E-state index contributed by atoms with van der Waals surface area (Å²) in [5.74, 6) is -0.314. The van der Waals surface area contributed by atoms with E-state index in [0.29, 0.717) is 39.6 Å². The number of nitrogen functional groups attached to an aromatic ring is 1. The highest BCUT2D eigenvalue weighted by molar-refractivity contribution is 7.22. The summed E-state index contributed by atoms with van der Waals surface area (Å²) in [6.07, 6.45) is 0. The molecule has 2 aromatic carbocycles. The Labute approximate surface area is 177 Å². The molecule has 5 nitrogen and oxygen atoms in total. The van der Waals surface area contributed by atoms with Gasteiger partial charge in [0.2, 0.25) is 0 Å². The smallest absolute Gasteiger partial charge is 0.181 e. The van der Waals surface area contributed by atoms with Crippen LogP contribution in [0.5, 0.6) is 0 Å². The molecular weight excluding hydrogens is 411 g/mol. The summed E-state index contributed by atoms with van der Waals surface area (Å²) in [6.45, 7) is 7.07. The number of ether oxygens (including phenoxy) is 1. The van der Waals surface area contributed by atoms with Crippen molar-refractivity contribution in [2.75, 3.05) is 32.0 Å². The number of piperazine rings is 1. The van der Waals surface area contributed by atoms with Crippen LogP contribution in [0.1, 0.15) is 16.7 Å². The number of anilines is 1. The molecule has 0 amide bonds. The van der Waals surface area contributed by atoms with Gasteiger partial charge < -0.3 is 15.8 Å². The third-order valence-corrected chi connectivity index (χ3v) is 7.13. The fourth-order valence-electron chi connectivity index (χ4n) is 4.44. The van der Waals surface area contributed by atoms with E-state index < -0.39 is 0 Å². The SMILES string of the molecule is Cc1c2c(cc(Cl)c1-c1ccc(F)c3sc(N)nc13)CN1CCNC[C@@H]1COC2. The molecule has 0 spiro atoms. The number of nitrogens with two attached hydrogens (primary N) is 1. The highest BCUT2D eigenvalue weighted by Crippen LogP contribution is 2.41. The number of hydrogen-bond donors (Lipinski definition) is 2. The van der Waals surface area contributed by atoms with Crippen LogP contribution in [-0.4, -0.2) is 42.2 Å². The lowest BCUT2D eigenvalue weighted by molar-refractivity contribution is 0.0263. The Balaban J connectivity index is 1.65. The average molecular weight is 433 g/mol. The molecule has 1 saturated heterocycles. The maximum Gasteiger partial charge on any atom is 0.181 e. The predicted octanol–water partition coefficient (Wildman–Crippen LogP) is 3.95. The Morgan fingerprint density at radius 3 is 3.14 bits per heavy atom. The number of halogens is 2. The first-order chi connectivity index (χ1) is 14.0. The molecule has 0 saturated carbocycles. The van der Waals surface area contributed by atoms with Gasteiger partial charge in [-0.15, -0.1) is 0 Å². The maximum atomic E-state index is 14.3. The highest BCUT2D eigenvalue weighted by Gasteiger charge is 2.27. The number of nitrogens with one attached hydrogen (secondary N) is 1. The van der Waals surface area contributed by atoms with Crippen LogP contribution in [0.15, 0.2) is 18.2 Å². The molecule has 29 heavy (non-hydrogen) atoms. The van der Waals surface area contributed by atoms with Crippen molar-refractivity contribution in [3.05, 3.63) is 45.7 Å². The summed E-state index contributed by atoms with van der Waals surface area (Å²) in [5.41, 5.74) is 11.5. The normalized spacial score (nSPS) is 20.2. The summed E-state index contributed by atoms with van der Waals surface area (Å²) in [7, 11) is 0. The lowest BCUT2D eigenvalue weighted by Crippen LogP contribution is -2.53. The molecule has 8 heteroatoms. The second-order valence-corrected chi connectivity index (χ2v) is 9.10. The molecule has 0 aliphatic carbocycles. The zero-order chi connectivity index (χ0) is 20.1. The van der Waals surface area contributed by atoms with E-state index in [1.165, 1.54) is 11.6 Å². The van der Waals surface area contributed by atoms with Crippen LogP contribution >= 0.6 is 22.9 Å². The number of hydrogen-bond acceptors (Lipinski definition) is 6. The number of fused-ring (bicyclic) bond motifs is 3. The maximum absolute atomic E-state index is 14.3. The van der Waals surface area contributed by atoms with E-state index in [1.807, 2.05) is 6.07 Å². The molecular formula is C21H22ClFN4OS. The molecule has 2 aliphatic heterocycles. The van der Waals surface area contributed by atoms with Crippen molar-refractivity contribution >= 4 is 38.3 Å². The van der Waals surface area contributed by atoms with Gasteiger partial charge in [-0.2, -0.15) is 0 Å².